The lowest BCUT2D eigenvalue weighted by molar-refractivity contribution is -0.143. The van der Waals surface area contributed by atoms with E-state index in [0.717, 1.165) is 18.8 Å². The van der Waals surface area contributed by atoms with Crippen LogP contribution >= 0.6 is 0 Å². The molecule has 114 valence electrons. The van der Waals surface area contributed by atoms with Crippen molar-refractivity contribution in [2.75, 3.05) is 19.8 Å². The number of amides is 3. The Labute approximate surface area is 118 Å². The number of carboxylic acid groups (broad SMARTS) is 1. The molecule has 0 unspecified atom stereocenters. The number of urea groups is 1. The first kappa shape index (κ1) is 16.4. The van der Waals surface area contributed by atoms with E-state index in [-0.39, 0.29) is 0 Å². The Morgan fingerprint density at radius 1 is 1.15 bits per heavy atom. The zero-order chi connectivity index (χ0) is 14.8. The molecule has 0 atom stereocenters. The SMILES string of the molecule is O=C(O)COCC(=O)NC(=O)NCCCC1CCCC1. The zero-order valence-corrected chi connectivity index (χ0v) is 11.5. The Morgan fingerprint density at radius 3 is 2.50 bits per heavy atom. The Balaban J connectivity index is 1.98. The molecule has 1 aliphatic rings. The normalized spacial score (nSPS) is 15.0. The molecule has 20 heavy (non-hydrogen) atoms. The quantitative estimate of drug-likeness (QED) is 0.575. The lowest BCUT2D eigenvalue weighted by Gasteiger charge is -2.09. The van der Waals surface area contributed by atoms with Crippen LogP contribution in [0.3, 0.4) is 0 Å². The molecule has 0 heterocycles. The van der Waals surface area contributed by atoms with E-state index in [4.69, 9.17) is 5.11 Å². The fourth-order valence-electron chi connectivity index (χ4n) is 2.33. The van der Waals surface area contributed by atoms with Crippen LogP contribution in [0, 0.1) is 5.92 Å². The van der Waals surface area contributed by atoms with Crippen molar-refractivity contribution >= 4 is 17.9 Å². The number of hydrogen-bond acceptors (Lipinski definition) is 4. The van der Waals surface area contributed by atoms with Crippen molar-refractivity contribution < 1.29 is 24.2 Å². The summed E-state index contributed by atoms with van der Waals surface area (Å²) < 4.78 is 4.56. The monoisotopic (exact) mass is 286 g/mol. The molecule has 1 fully saturated rings. The van der Waals surface area contributed by atoms with Gasteiger partial charge in [-0.3, -0.25) is 10.1 Å². The number of carbonyl (C=O) groups is 3. The molecular formula is C13H22N2O5. The number of aliphatic carboxylic acids is 1. The molecule has 3 N–H and O–H groups in total. The molecule has 1 rings (SSSR count). The van der Waals surface area contributed by atoms with E-state index in [0.29, 0.717) is 6.54 Å². The highest BCUT2D eigenvalue weighted by Crippen LogP contribution is 2.28. The van der Waals surface area contributed by atoms with Gasteiger partial charge in [0, 0.05) is 6.54 Å². The highest BCUT2D eigenvalue weighted by atomic mass is 16.5. The predicted molar refractivity (Wildman–Crippen MR) is 71.2 cm³/mol. The van der Waals surface area contributed by atoms with E-state index in [1.165, 1.54) is 25.7 Å². The van der Waals surface area contributed by atoms with Gasteiger partial charge in [-0.05, 0) is 18.8 Å². The maximum absolute atomic E-state index is 11.3. The summed E-state index contributed by atoms with van der Waals surface area (Å²) in [5.74, 6) is -1.03. The van der Waals surface area contributed by atoms with Gasteiger partial charge in [0.05, 0.1) is 0 Å². The molecular weight excluding hydrogens is 264 g/mol. The highest BCUT2D eigenvalue weighted by Gasteiger charge is 2.14. The van der Waals surface area contributed by atoms with Crippen molar-refractivity contribution in [1.29, 1.82) is 0 Å². The molecule has 7 nitrogen and oxygen atoms in total. The first-order valence-electron chi connectivity index (χ1n) is 6.95. The molecule has 1 saturated carbocycles. The standard InChI is InChI=1S/C13H22N2O5/c16-11(8-20-9-12(17)18)15-13(19)14-7-3-6-10-4-1-2-5-10/h10H,1-9H2,(H,17,18)(H2,14,15,16,19). The summed E-state index contributed by atoms with van der Waals surface area (Å²) in [6.45, 7) is -0.468. The minimum Gasteiger partial charge on any atom is -0.480 e. The van der Waals surface area contributed by atoms with Crippen LogP contribution in [0.2, 0.25) is 0 Å². The molecule has 0 aliphatic heterocycles. The minimum absolute atomic E-state index is 0.443. The van der Waals surface area contributed by atoms with Crippen molar-refractivity contribution in [2.24, 2.45) is 5.92 Å². The number of nitrogens with one attached hydrogen (secondary N) is 2. The van der Waals surface area contributed by atoms with Crippen molar-refractivity contribution in [2.45, 2.75) is 38.5 Å². The van der Waals surface area contributed by atoms with Crippen LogP contribution in [0.5, 0.6) is 0 Å². The van der Waals surface area contributed by atoms with Crippen LogP contribution in [-0.2, 0) is 14.3 Å². The van der Waals surface area contributed by atoms with E-state index in [1.54, 1.807) is 0 Å². The summed E-state index contributed by atoms with van der Waals surface area (Å²) in [6, 6.07) is -0.569. The first-order chi connectivity index (χ1) is 9.58. The van der Waals surface area contributed by atoms with Crippen LogP contribution < -0.4 is 10.6 Å². The second-order valence-electron chi connectivity index (χ2n) is 4.98. The summed E-state index contributed by atoms with van der Waals surface area (Å²) >= 11 is 0. The summed E-state index contributed by atoms with van der Waals surface area (Å²) in [5, 5.41) is 13.0. The molecule has 3 amide bonds. The molecule has 0 bridgehead atoms. The van der Waals surface area contributed by atoms with E-state index >= 15 is 0 Å². The third-order valence-corrected chi connectivity index (χ3v) is 3.26. The van der Waals surface area contributed by atoms with Gasteiger partial charge in [0.25, 0.3) is 5.91 Å². The van der Waals surface area contributed by atoms with E-state index in [2.05, 4.69) is 15.4 Å². The van der Waals surface area contributed by atoms with Gasteiger partial charge < -0.3 is 15.2 Å². The predicted octanol–water partition coefficient (Wildman–Crippen LogP) is 0.884. The number of hydrogen-bond donors (Lipinski definition) is 3. The number of carboxylic acids is 1. The zero-order valence-electron chi connectivity index (χ0n) is 11.5. The van der Waals surface area contributed by atoms with Gasteiger partial charge in [-0.15, -0.1) is 0 Å². The fraction of sp³-hybridized carbons (Fsp3) is 0.769. The van der Waals surface area contributed by atoms with Crippen molar-refractivity contribution in [1.82, 2.24) is 10.6 Å². The molecule has 7 heteroatoms. The van der Waals surface area contributed by atoms with Gasteiger partial charge in [0.2, 0.25) is 0 Å². The topological polar surface area (TPSA) is 105 Å². The third kappa shape index (κ3) is 7.73. The van der Waals surface area contributed by atoms with Gasteiger partial charge in [0.15, 0.2) is 0 Å². The number of imide groups is 1. The van der Waals surface area contributed by atoms with Crippen molar-refractivity contribution in [3.63, 3.8) is 0 Å². The second kappa shape index (κ2) is 9.30. The lowest BCUT2D eigenvalue weighted by atomic mass is 10.0. The molecule has 0 spiro atoms. The number of ether oxygens (including phenoxy) is 1. The van der Waals surface area contributed by atoms with Crippen molar-refractivity contribution in [3.05, 3.63) is 0 Å². The summed E-state index contributed by atoms with van der Waals surface area (Å²) in [7, 11) is 0. The van der Waals surface area contributed by atoms with Gasteiger partial charge in [0.1, 0.15) is 13.2 Å². The molecule has 1 aliphatic carbocycles. The van der Waals surface area contributed by atoms with Crippen LogP contribution in [-0.4, -0.2) is 42.8 Å². The van der Waals surface area contributed by atoms with Gasteiger partial charge in [-0.25, -0.2) is 9.59 Å². The number of carbonyl (C=O) groups excluding carboxylic acids is 2. The van der Waals surface area contributed by atoms with Crippen LogP contribution in [0.4, 0.5) is 4.79 Å². The van der Waals surface area contributed by atoms with Crippen LogP contribution in [0.25, 0.3) is 0 Å². The van der Waals surface area contributed by atoms with Gasteiger partial charge in [-0.1, -0.05) is 25.7 Å². The van der Waals surface area contributed by atoms with E-state index < -0.39 is 31.1 Å². The third-order valence-electron chi connectivity index (χ3n) is 3.26. The van der Waals surface area contributed by atoms with Gasteiger partial charge in [-0.2, -0.15) is 0 Å². The smallest absolute Gasteiger partial charge is 0.329 e. The number of rotatable bonds is 8. The Hall–Kier alpha value is -1.63. The molecule has 0 saturated heterocycles. The van der Waals surface area contributed by atoms with E-state index in [1.807, 2.05) is 0 Å². The largest absolute Gasteiger partial charge is 0.480 e. The Bertz CT molecular complexity index is 340. The summed E-state index contributed by atoms with van der Waals surface area (Å²) in [5.41, 5.74) is 0. The van der Waals surface area contributed by atoms with Crippen LogP contribution in [0.1, 0.15) is 38.5 Å². The molecule has 0 aromatic carbocycles. The molecule has 0 aromatic heterocycles. The Kier molecular flexibility index (Phi) is 7.64. The molecule has 0 aromatic rings. The lowest BCUT2D eigenvalue weighted by Crippen LogP contribution is -2.41. The van der Waals surface area contributed by atoms with Crippen LogP contribution in [0.15, 0.2) is 0 Å². The maximum atomic E-state index is 11.3. The minimum atomic E-state index is -1.16. The first-order valence-corrected chi connectivity index (χ1v) is 6.95. The average molecular weight is 286 g/mol. The Morgan fingerprint density at radius 2 is 1.85 bits per heavy atom. The fourth-order valence-corrected chi connectivity index (χ4v) is 2.33. The average Bonchev–Trinajstić information content (AvgIpc) is 2.87. The van der Waals surface area contributed by atoms with Gasteiger partial charge >= 0.3 is 12.0 Å². The highest BCUT2D eigenvalue weighted by molar-refractivity contribution is 5.94. The van der Waals surface area contributed by atoms with Crippen molar-refractivity contribution in [3.8, 4) is 0 Å². The summed E-state index contributed by atoms with van der Waals surface area (Å²) in [4.78, 5) is 32.7. The molecule has 0 radical (unpaired) electrons. The second-order valence-corrected chi connectivity index (χ2v) is 4.98. The van der Waals surface area contributed by atoms with E-state index in [9.17, 15) is 14.4 Å². The summed E-state index contributed by atoms with van der Waals surface area (Å²) in [6.07, 6.45) is 7.20. The maximum Gasteiger partial charge on any atom is 0.329 e.